The van der Waals surface area contributed by atoms with Crippen molar-refractivity contribution in [3.8, 4) is 39.4 Å². The number of thiophene rings is 1. The van der Waals surface area contributed by atoms with Gasteiger partial charge in [0.15, 0.2) is 0 Å². The summed E-state index contributed by atoms with van der Waals surface area (Å²) in [6, 6.07) is 46.5. The summed E-state index contributed by atoms with van der Waals surface area (Å²) in [6.45, 7) is 0. The molecule has 0 saturated carbocycles. The fourth-order valence-electron chi connectivity index (χ4n) is 5.92. The summed E-state index contributed by atoms with van der Waals surface area (Å²) < 4.78 is 8.92. The van der Waals surface area contributed by atoms with E-state index < -0.39 is 0 Å². The van der Waals surface area contributed by atoms with Crippen LogP contribution in [0.5, 0.6) is 0 Å². The summed E-state index contributed by atoms with van der Waals surface area (Å²) in [4.78, 5) is 0. The molecule has 186 valence electrons. The van der Waals surface area contributed by atoms with Crippen molar-refractivity contribution in [3.05, 3.63) is 133 Å². The Bertz CT molecular complexity index is 2300. The third-order valence-corrected chi connectivity index (χ3v) is 8.99. The topological polar surface area (TPSA) is 36.9 Å². The first-order valence-corrected chi connectivity index (χ1v) is 14.1. The fourth-order valence-corrected chi connectivity index (χ4v) is 7.15. The van der Waals surface area contributed by atoms with E-state index >= 15 is 0 Å². The van der Waals surface area contributed by atoms with Crippen LogP contribution in [0.1, 0.15) is 5.56 Å². The largest absolute Gasteiger partial charge is 0.455 e. The number of para-hydroxylation sites is 2. The number of fused-ring (bicyclic) bond motifs is 6. The van der Waals surface area contributed by atoms with Gasteiger partial charge in [-0.05, 0) is 41.0 Å². The van der Waals surface area contributed by atoms with E-state index in [0.29, 0.717) is 5.56 Å². The average Bonchev–Trinajstić information content (AvgIpc) is 3.59. The Morgan fingerprint density at radius 1 is 0.525 bits per heavy atom. The van der Waals surface area contributed by atoms with Crippen LogP contribution in [0.15, 0.2) is 132 Å². The molecule has 3 heteroatoms. The van der Waals surface area contributed by atoms with Crippen LogP contribution >= 0.6 is 11.3 Å². The Kier molecular flexibility index (Phi) is 5.10. The Hall–Kier alpha value is -5.17. The molecule has 2 nitrogen and oxygen atoms in total. The van der Waals surface area contributed by atoms with Gasteiger partial charge in [0.25, 0.3) is 0 Å². The zero-order chi connectivity index (χ0) is 26.6. The molecule has 2 heterocycles. The van der Waals surface area contributed by atoms with Crippen molar-refractivity contribution in [1.29, 1.82) is 5.26 Å². The van der Waals surface area contributed by atoms with Crippen LogP contribution in [0, 0.1) is 11.3 Å². The van der Waals surface area contributed by atoms with Gasteiger partial charge in [0.2, 0.25) is 0 Å². The van der Waals surface area contributed by atoms with E-state index in [9.17, 15) is 5.26 Å². The van der Waals surface area contributed by atoms with Gasteiger partial charge in [0.05, 0.1) is 11.6 Å². The van der Waals surface area contributed by atoms with Crippen molar-refractivity contribution in [1.82, 2.24) is 0 Å². The molecule has 0 aliphatic heterocycles. The lowest BCUT2D eigenvalue weighted by molar-refractivity contribution is 0.670. The number of nitrogens with zero attached hydrogens (tertiary/aromatic N) is 1. The highest BCUT2D eigenvalue weighted by Crippen LogP contribution is 2.45. The quantitative estimate of drug-likeness (QED) is 0.229. The Balaban J connectivity index is 1.43. The Morgan fingerprint density at radius 2 is 1.23 bits per heavy atom. The van der Waals surface area contributed by atoms with Gasteiger partial charge in [-0.2, -0.15) is 5.26 Å². The van der Waals surface area contributed by atoms with Gasteiger partial charge < -0.3 is 4.42 Å². The van der Waals surface area contributed by atoms with E-state index in [1.165, 1.54) is 25.7 Å². The van der Waals surface area contributed by atoms with Crippen LogP contribution in [0.4, 0.5) is 0 Å². The molecule has 0 aliphatic carbocycles. The van der Waals surface area contributed by atoms with Gasteiger partial charge >= 0.3 is 0 Å². The van der Waals surface area contributed by atoms with Gasteiger partial charge in [-0.15, -0.1) is 11.3 Å². The molecule has 0 bridgehead atoms. The third-order valence-electron chi connectivity index (χ3n) is 7.77. The first kappa shape index (κ1) is 22.8. The van der Waals surface area contributed by atoms with Gasteiger partial charge in [0, 0.05) is 47.6 Å². The smallest absolute Gasteiger partial charge is 0.143 e. The number of nitriles is 1. The molecule has 40 heavy (non-hydrogen) atoms. The number of rotatable bonds is 3. The standard InChI is InChI=1S/C37H21NOS/c38-22-24-9-1-2-10-25(24)33-21-23(26-13-7-14-30-28-11-3-5-17-34(28)39-36(26)30)19-20-27(33)31-15-8-16-32-29-12-4-6-18-35(29)40-37(31)32/h1-21H. The third kappa shape index (κ3) is 3.41. The van der Waals surface area contributed by atoms with Gasteiger partial charge in [-0.25, -0.2) is 0 Å². The normalized spacial score (nSPS) is 11.5. The van der Waals surface area contributed by atoms with Crippen LogP contribution in [0.3, 0.4) is 0 Å². The van der Waals surface area contributed by atoms with Gasteiger partial charge in [0.1, 0.15) is 11.2 Å². The molecule has 0 fully saturated rings. The lowest BCUT2D eigenvalue weighted by Crippen LogP contribution is -1.91. The zero-order valence-electron chi connectivity index (χ0n) is 21.4. The van der Waals surface area contributed by atoms with E-state index in [0.717, 1.165) is 49.8 Å². The molecule has 6 aromatic carbocycles. The molecular weight excluding hydrogens is 506 g/mol. The molecule has 0 radical (unpaired) electrons. The summed E-state index contributed by atoms with van der Waals surface area (Å²) in [5.41, 5.74) is 8.76. The highest BCUT2D eigenvalue weighted by molar-refractivity contribution is 7.26. The van der Waals surface area contributed by atoms with Crippen molar-refractivity contribution in [2.45, 2.75) is 0 Å². The maximum Gasteiger partial charge on any atom is 0.143 e. The highest BCUT2D eigenvalue weighted by Gasteiger charge is 2.18. The molecule has 8 aromatic rings. The first-order valence-electron chi connectivity index (χ1n) is 13.2. The molecular formula is C37H21NOS. The van der Waals surface area contributed by atoms with E-state index in [4.69, 9.17) is 4.42 Å². The van der Waals surface area contributed by atoms with E-state index in [1.54, 1.807) is 0 Å². The van der Waals surface area contributed by atoms with Crippen molar-refractivity contribution in [2.75, 3.05) is 0 Å². The number of benzene rings is 6. The predicted molar refractivity (Wildman–Crippen MR) is 168 cm³/mol. The SMILES string of the molecule is N#Cc1ccccc1-c1cc(-c2cccc3c2oc2ccccc23)ccc1-c1cccc2c1sc1ccccc12. The van der Waals surface area contributed by atoms with Crippen molar-refractivity contribution in [2.24, 2.45) is 0 Å². The predicted octanol–water partition coefficient (Wildman–Crippen LogP) is 10.8. The molecule has 0 atom stereocenters. The Morgan fingerprint density at radius 3 is 2.12 bits per heavy atom. The summed E-state index contributed by atoms with van der Waals surface area (Å²) in [5.74, 6) is 0. The lowest BCUT2D eigenvalue weighted by atomic mass is 9.88. The summed E-state index contributed by atoms with van der Waals surface area (Å²) >= 11 is 1.82. The molecule has 0 saturated heterocycles. The molecule has 2 aromatic heterocycles. The number of hydrogen-bond donors (Lipinski definition) is 0. The van der Waals surface area contributed by atoms with Crippen LogP contribution < -0.4 is 0 Å². The first-order chi connectivity index (χ1) is 19.8. The van der Waals surface area contributed by atoms with Crippen molar-refractivity contribution in [3.63, 3.8) is 0 Å². The monoisotopic (exact) mass is 527 g/mol. The molecule has 0 spiro atoms. The zero-order valence-corrected chi connectivity index (χ0v) is 22.2. The summed E-state index contributed by atoms with van der Waals surface area (Å²) in [6.07, 6.45) is 0. The minimum Gasteiger partial charge on any atom is -0.455 e. The molecule has 8 rings (SSSR count). The second-order valence-electron chi connectivity index (χ2n) is 9.98. The van der Waals surface area contributed by atoms with Crippen molar-refractivity contribution < 1.29 is 4.42 Å². The van der Waals surface area contributed by atoms with Gasteiger partial charge in [-0.3, -0.25) is 0 Å². The lowest BCUT2D eigenvalue weighted by Gasteiger charge is -2.15. The number of furan rings is 1. The second kappa shape index (κ2) is 8.95. The maximum atomic E-state index is 10.1. The molecule has 0 unspecified atom stereocenters. The van der Waals surface area contributed by atoms with Crippen LogP contribution in [-0.4, -0.2) is 0 Å². The molecule has 0 aliphatic rings. The minimum absolute atomic E-state index is 0.659. The second-order valence-corrected chi connectivity index (χ2v) is 11.0. The maximum absolute atomic E-state index is 10.1. The minimum atomic E-state index is 0.659. The number of hydrogen-bond acceptors (Lipinski definition) is 3. The van der Waals surface area contributed by atoms with E-state index in [-0.39, 0.29) is 0 Å². The summed E-state index contributed by atoms with van der Waals surface area (Å²) in [7, 11) is 0. The van der Waals surface area contributed by atoms with Crippen LogP contribution in [0.25, 0.3) is 75.5 Å². The average molecular weight is 528 g/mol. The van der Waals surface area contributed by atoms with E-state index in [1.807, 2.05) is 53.8 Å². The molecule has 0 amide bonds. The Labute approximate surface area is 235 Å². The van der Waals surface area contributed by atoms with Crippen molar-refractivity contribution >= 4 is 53.4 Å². The summed E-state index contributed by atoms with van der Waals surface area (Å²) in [5, 5.41) is 14.8. The van der Waals surface area contributed by atoms with Crippen LogP contribution in [0.2, 0.25) is 0 Å². The fraction of sp³-hybridized carbons (Fsp3) is 0. The molecule has 0 N–H and O–H groups in total. The van der Waals surface area contributed by atoms with Gasteiger partial charge in [-0.1, -0.05) is 103 Å². The van der Waals surface area contributed by atoms with Crippen LogP contribution in [-0.2, 0) is 0 Å². The van der Waals surface area contributed by atoms with E-state index in [2.05, 4.69) is 91.0 Å². The highest BCUT2D eigenvalue weighted by atomic mass is 32.1.